The van der Waals surface area contributed by atoms with E-state index in [9.17, 15) is 31.4 Å². The molecular weight excluding hydrogens is 478 g/mol. The number of hydrogen-bond acceptors (Lipinski definition) is 5. The lowest BCUT2D eigenvalue weighted by atomic mass is 9.63. The molecule has 196 valence electrons. The maximum absolute atomic E-state index is 10.6. The molecule has 0 bridgehead atoms. The van der Waals surface area contributed by atoms with Gasteiger partial charge in [0.15, 0.2) is 0 Å². The molecule has 8 N–H and O–H groups in total. The van der Waals surface area contributed by atoms with Crippen molar-refractivity contribution in [3.63, 3.8) is 0 Å². The lowest BCUT2D eigenvalue weighted by molar-refractivity contribution is -0.460. The largest absolute Gasteiger partial charge is 0.508 e. The molecule has 0 saturated carbocycles. The second kappa shape index (κ2) is 12.8. The first-order valence-electron chi connectivity index (χ1n) is 10.0. The minimum atomic E-state index is -5.08. The number of nitrogens with two attached hydrogens (primary N) is 1. The average molecular weight is 507 g/mol. The fourth-order valence-corrected chi connectivity index (χ4v) is 3.67. The Morgan fingerprint density at radius 3 is 1.88 bits per heavy atom. The van der Waals surface area contributed by atoms with E-state index in [1.807, 2.05) is 12.1 Å². The molecule has 0 radical (unpaired) electrons. The third kappa shape index (κ3) is 8.65. The Morgan fingerprint density at radius 2 is 1.53 bits per heavy atom. The zero-order chi connectivity index (χ0) is 26.9. The van der Waals surface area contributed by atoms with Gasteiger partial charge in [-0.3, -0.25) is 0 Å². The predicted molar refractivity (Wildman–Crippen MR) is 107 cm³/mol. The first kappa shape index (κ1) is 31.4. The minimum Gasteiger partial charge on any atom is -0.508 e. The molecule has 0 saturated heterocycles. The SMILES string of the molecule is CCC1(CC)c2cc(O)ccc2C[C@@H](OCCN)[C@@H]1[NH3+].O=C(O)C(F)(F)F.O=C(O)C(F)(F)F. The van der Waals surface area contributed by atoms with Gasteiger partial charge in [0.2, 0.25) is 0 Å². The highest BCUT2D eigenvalue weighted by Gasteiger charge is 2.48. The lowest BCUT2D eigenvalue weighted by Gasteiger charge is -2.44. The van der Waals surface area contributed by atoms with Crippen molar-refractivity contribution >= 4 is 11.9 Å². The third-order valence-corrected chi connectivity index (χ3v) is 5.41. The summed E-state index contributed by atoms with van der Waals surface area (Å²) in [5.74, 6) is -5.18. The van der Waals surface area contributed by atoms with Crippen LogP contribution in [0.1, 0.15) is 37.8 Å². The first-order chi connectivity index (χ1) is 15.5. The van der Waals surface area contributed by atoms with Crippen molar-refractivity contribution in [1.29, 1.82) is 0 Å². The summed E-state index contributed by atoms with van der Waals surface area (Å²) in [6, 6.07) is 5.88. The molecule has 14 heteroatoms. The fraction of sp³-hybridized carbons (Fsp3) is 0.600. The molecule has 0 amide bonds. The molecule has 8 nitrogen and oxygen atoms in total. The van der Waals surface area contributed by atoms with Crippen LogP contribution in [0.2, 0.25) is 0 Å². The number of carbonyl (C=O) groups is 2. The highest BCUT2D eigenvalue weighted by atomic mass is 19.4. The number of fused-ring (bicyclic) bond motifs is 1. The maximum Gasteiger partial charge on any atom is 0.490 e. The number of hydrogen-bond donors (Lipinski definition) is 5. The number of benzene rings is 1. The molecule has 0 heterocycles. The first-order valence-corrected chi connectivity index (χ1v) is 10.0. The van der Waals surface area contributed by atoms with Crippen LogP contribution in [0.25, 0.3) is 0 Å². The van der Waals surface area contributed by atoms with E-state index in [2.05, 4.69) is 19.6 Å². The van der Waals surface area contributed by atoms with Gasteiger partial charge in [-0.05, 0) is 36.1 Å². The van der Waals surface area contributed by atoms with Crippen LogP contribution in [-0.2, 0) is 26.2 Å². The molecule has 0 aromatic heterocycles. The summed E-state index contributed by atoms with van der Waals surface area (Å²) in [6.45, 7) is 5.51. The van der Waals surface area contributed by atoms with Crippen LogP contribution in [0, 0.1) is 0 Å². The molecule has 0 unspecified atom stereocenters. The number of phenolic OH excluding ortho intramolecular Hbond substituents is 1. The van der Waals surface area contributed by atoms with Crippen molar-refractivity contribution in [2.45, 2.75) is 63.0 Å². The fourth-order valence-electron chi connectivity index (χ4n) is 3.67. The van der Waals surface area contributed by atoms with Crippen LogP contribution in [-0.4, -0.2) is 64.9 Å². The number of ether oxygens (including phenoxy) is 1. The van der Waals surface area contributed by atoms with E-state index in [0.717, 1.165) is 19.3 Å². The Balaban J connectivity index is 0.000000642. The van der Waals surface area contributed by atoms with Gasteiger partial charge in [-0.15, -0.1) is 0 Å². The predicted octanol–water partition coefficient (Wildman–Crippen LogP) is 2.23. The minimum absolute atomic E-state index is 0.0222. The van der Waals surface area contributed by atoms with Crippen molar-refractivity contribution in [3.8, 4) is 5.75 Å². The van der Waals surface area contributed by atoms with E-state index in [4.69, 9.17) is 30.3 Å². The molecule has 1 aliphatic rings. The third-order valence-electron chi connectivity index (χ3n) is 5.41. The second-order valence-electron chi connectivity index (χ2n) is 7.32. The summed E-state index contributed by atoms with van der Waals surface area (Å²) in [7, 11) is 0. The molecule has 0 fully saturated rings. The van der Waals surface area contributed by atoms with Gasteiger partial charge in [0.25, 0.3) is 0 Å². The van der Waals surface area contributed by atoms with Crippen LogP contribution in [0.4, 0.5) is 26.3 Å². The van der Waals surface area contributed by atoms with Crippen molar-refractivity contribution in [3.05, 3.63) is 29.3 Å². The molecular formula is C20H29F6N2O6+. The number of aromatic hydroxyl groups is 1. The van der Waals surface area contributed by atoms with Gasteiger partial charge < -0.3 is 31.5 Å². The molecule has 1 aromatic carbocycles. The molecule has 0 spiro atoms. The molecule has 1 aromatic rings. The Hall–Kier alpha value is -2.58. The number of aliphatic carboxylic acids is 2. The van der Waals surface area contributed by atoms with E-state index < -0.39 is 24.3 Å². The van der Waals surface area contributed by atoms with Crippen molar-refractivity contribution in [2.75, 3.05) is 13.2 Å². The van der Waals surface area contributed by atoms with E-state index in [0.29, 0.717) is 18.9 Å². The van der Waals surface area contributed by atoms with E-state index in [1.54, 1.807) is 6.07 Å². The maximum atomic E-state index is 10.6. The second-order valence-corrected chi connectivity index (χ2v) is 7.32. The van der Waals surface area contributed by atoms with Crippen molar-refractivity contribution in [1.82, 2.24) is 0 Å². The van der Waals surface area contributed by atoms with Crippen LogP contribution in [0.15, 0.2) is 18.2 Å². The summed E-state index contributed by atoms with van der Waals surface area (Å²) in [4.78, 5) is 17.8. The molecule has 0 aliphatic heterocycles. The Morgan fingerprint density at radius 1 is 1.09 bits per heavy atom. The Bertz CT molecular complexity index is 788. The summed E-state index contributed by atoms with van der Waals surface area (Å²) < 4.78 is 69.4. The van der Waals surface area contributed by atoms with E-state index >= 15 is 0 Å². The number of quaternary nitrogens is 1. The van der Waals surface area contributed by atoms with Gasteiger partial charge >= 0.3 is 24.3 Å². The zero-order valence-electron chi connectivity index (χ0n) is 18.5. The van der Waals surface area contributed by atoms with Crippen LogP contribution >= 0.6 is 0 Å². The number of rotatable bonds is 5. The summed E-state index contributed by atoms with van der Waals surface area (Å²) >= 11 is 0. The number of phenols is 1. The molecule has 1 aliphatic carbocycles. The highest BCUT2D eigenvalue weighted by molar-refractivity contribution is 5.73. The standard InChI is InChI=1S/C16H26N2O2.2C2HF3O2/c1-3-16(4-2)13-10-12(19)6-5-11(13)9-14(15(16)18)20-8-7-17;2*3-2(4,5)1(6)7/h5-6,10,14-15,19H,3-4,7-9,17-18H2,1-2H3;2*(H,6,7)/p+1/t14-,15+;;/m1../s1. The van der Waals surface area contributed by atoms with E-state index in [-0.39, 0.29) is 17.6 Å². The summed E-state index contributed by atoms with van der Waals surface area (Å²) in [5, 5.41) is 24.1. The quantitative estimate of drug-likeness (QED) is 0.383. The number of halogens is 6. The smallest absolute Gasteiger partial charge is 0.490 e. The average Bonchev–Trinajstić information content (AvgIpc) is 2.72. The molecule has 34 heavy (non-hydrogen) atoms. The number of carboxylic acid groups (broad SMARTS) is 2. The molecule has 2 rings (SSSR count). The van der Waals surface area contributed by atoms with Gasteiger partial charge in [-0.1, -0.05) is 19.9 Å². The van der Waals surface area contributed by atoms with Gasteiger partial charge in [0.1, 0.15) is 17.9 Å². The summed E-state index contributed by atoms with van der Waals surface area (Å²) in [5.41, 5.74) is 12.5. The zero-order valence-corrected chi connectivity index (χ0v) is 18.5. The van der Waals surface area contributed by atoms with Gasteiger partial charge in [-0.2, -0.15) is 26.3 Å². The Kier molecular flexibility index (Phi) is 11.8. The summed E-state index contributed by atoms with van der Waals surface area (Å²) in [6.07, 6.45) is -7.21. The van der Waals surface area contributed by atoms with Crippen LogP contribution in [0.3, 0.4) is 0 Å². The van der Waals surface area contributed by atoms with Crippen molar-refractivity contribution in [2.24, 2.45) is 5.73 Å². The molecule has 2 atom stereocenters. The lowest BCUT2D eigenvalue weighted by Crippen LogP contribution is -2.76. The van der Waals surface area contributed by atoms with E-state index in [1.165, 1.54) is 11.1 Å². The Labute approximate surface area is 191 Å². The van der Waals surface area contributed by atoms with Gasteiger partial charge in [0, 0.05) is 18.4 Å². The van der Waals surface area contributed by atoms with Gasteiger partial charge in [-0.25, -0.2) is 9.59 Å². The number of alkyl halides is 6. The van der Waals surface area contributed by atoms with Crippen LogP contribution in [0.5, 0.6) is 5.75 Å². The topological polar surface area (TPSA) is 158 Å². The van der Waals surface area contributed by atoms with Crippen LogP contribution < -0.4 is 11.5 Å². The van der Waals surface area contributed by atoms with Gasteiger partial charge in [0.05, 0.1) is 6.61 Å². The van der Waals surface area contributed by atoms with Crippen molar-refractivity contribution < 1.29 is 61.7 Å². The highest BCUT2D eigenvalue weighted by Crippen LogP contribution is 2.43. The number of carboxylic acids is 2. The monoisotopic (exact) mass is 507 g/mol. The normalized spacial score (nSPS) is 19.0.